The zero-order valence-corrected chi connectivity index (χ0v) is 12.3. The second-order valence-electron chi connectivity index (χ2n) is 3.77. The summed E-state index contributed by atoms with van der Waals surface area (Å²) in [5.74, 6) is -1.27. The first-order valence-electron chi connectivity index (χ1n) is 5.60. The van der Waals surface area contributed by atoms with Gasteiger partial charge in [0.25, 0.3) is 0 Å². The average Bonchev–Trinajstić information content (AvgIpc) is 2.37. The first-order chi connectivity index (χ1) is 9.36. The molecule has 1 aromatic carbocycles. The van der Waals surface area contributed by atoms with Crippen molar-refractivity contribution in [2.75, 3.05) is 31.1 Å². The van der Waals surface area contributed by atoms with Crippen LogP contribution < -0.4 is 9.03 Å². The third-order valence-corrected chi connectivity index (χ3v) is 4.02. The lowest BCUT2D eigenvalue weighted by atomic mass is 10.3. The molecule has 7 nitrogen and oxygen atoms in total. The molecule has 0 heterocycles. The summed E-state index contributed by atoms with van der Waals surface area (Å²) in [6, 6.07) is 5.83. The van der Waals surface area contributed by atoms with Gasteiger partial charge in [-0.1, -0.05) is 11.6 Å². The summed E-state index contributed by atoms with van der Waals surface area (Å²) in [5.41, 5.74) is 0.210. The largest absolute Gasteiger partial charge is 0.480 e. The lowest BCUT2D eigenvalue weighted by Gasteiger charge is -2.22. The van der Waals surface area contributed by atoms with Crippen LogP contribution in [0.3, 0.4) is 0 Å². The number of carboxylic acids is 1. The molecule has 1 rings (SSSR count). The van der Waals surface area contributed by atoms with Crippen molar-refractivity contribution in [3.8, 4) is 0 Å². The highest BCUT2D eigenvalue weighted by atomic mass is 35.5. The maximum Gasteiger partial charge on any atom is 0.324 e. The number of rotatable bonds is 8. The topological polar surface area (TPSA) is 95.9 Å². The Hall–Kier alpha value is -1.35. The fourth-order valence-corrected chi connectivity index (χ4v) is 2.70. The second kappa shape index (κ2) is 7.44. The third-order valence-electron chi connectivity index (χ3n) is 2.27. The predicted octanol–water partition coefficient (Wildman–Crippen LogP) is 0.712. The van der Waals surface area contributed by atoms with E-state index >= 15 is 0 Å². The molecule has 2 N–H and O–H groups in total. The van der Waals surface area contributed by atoms with Crippen molar-refractivity contribution >= 4 is 33.5 Å². The van der Waals surface area contributed by atoms with E-state index in [0.29, 0.717) is 5.02 Å². The Morgan fingerprint density at radius 2 is 2.00 bits per heavy atom. The van der Waals surface area contributed by atoms with E-state index in [2.05, 4.69) is 4.72 Å². The normalized spacial score (nSPS) is 11.3. The van der Waals surface area contributed by atoms with Gasteiger partial charge in [0.2, 0.25) is 0 Å². The molecule has 9 heteroatoms. The molecule has 0 bridgehead atoms. The van der Waals surface area contributed by atoms with E-state index in [-0.39, 0.29) is 18.8 Å². The molecule has 0 aliphatic heterocycles. The molecule has 1 aromatic rings. The summed E-state index contributed by atoms with van der Waals surface area (Å²) >= 11 is 5.72. The molecule has 0 aromatic heterocycles. The standard InChI is InChI=1S/C11H15ClN2O5S/c1-19-7-6-13-20(17,18)14(8-11(15)16)10-4-2-9(12)3-5-10/h2-5,13H,6-8H2,1H3,(H,15,16). The Morgan fingerprint density at radius 3 is 2.50 bits per heavy atom. The van der Waals surface area contributed by atoms with Crippen molar-refractivity contribution in [3.63, 3.8) is 0 Å². The van der Waals surface area contributed by atoms with Crippen molar-refractivity contribution in [2.45, 2.75) is 0 Å². The summed E-state index contributed by atoms with van der Waals surface area (Å²) < 4.78 is 31.9. The second-order valence-corrected chi connectivity index (χ2v) is 5.88. The van der Waals surface area contributed by atoms with Gasteiger partial charge in [-0.2, -0.15) is 13.1 Å². The fourth-order valence-electron chi connectivity index (χ4n) is 1.40. The van der Waals surface area contributed by atoms with Gasteiger partial charge in [0.15, 0.2) is 0 Å². The molecule has 0 saturated heterocycles. The predicted molar refractivity (Wildman–Crippen MR) is 75.2 cm³/mol. The maximum atomic E-state index is 12.1. The minimum atomic E-state index is -3.98. The Kier molecular flexibility index (Phi) is 6.21. The van der Waals surface area contributed by atoms with Crippen LogP contribution in [0.4, 0.5) is 5.69 Å². The number of carbonyl (C=O) groups is 1. The minimum Gasteiger partial charge on any atom is -0.480 e. The number of nitrogens with zero attached hydrogens (tertiary/aromatic N) is 1. The number of nitrogens with one attached hydrogen (secondary N) is 1. The summed E-state index contributed by atoms with van der Waals surface area (Å²) in [6.45, 7) is -0.465. The number of hydrogen-bond donors (Lipinski definition) is 2. The first-order valence-corrected chi connectivity index (χ1v) is 7.42. The molecule has 0 fully saturated rings. The smallest absolute Gasteiger partial charge is 0.324 e. The van der Waals surface area contributed by atoms with E-state index in [1.165, 1.54) is 31.4 Å². The molecule has 0 aliphatic rings. The van der Waals surface area contributed by atoms with Gasteiger partial charge in [-0.15, -0.1) is 0 Å². The highest BCUT2D eigenvalue weighted by molar-refractivity contribution is 7.90. The van der Waals surface area contributed by atoms with Crippen LogP contribution in [0.5, 0.6) is 0 Å². The van der Waals surface area contributed by atoms with E-state index in [0.717, 1.165) is 4.31 Å². The van der Waals surface area contributed by atoms with Crippen LogP contribution >= 0.6 is 11.6 Å². The van der Waals surface area contributed by atoms with Crippen molar-refractivity contribution in [3.05, 3.63) is 29.3 Å². The summed E-state index contributed by atoms with van der Waals surface area (Å²) in [5, 5.41) is 9.27. The lowest BCUT2D eigenvalue weighted by molar-refractivity contribution is -0.135. The molecule has 0 spiro atoms. The van der Waals surface area contributed by atoms with Crippen LogP contribution in [0.25, 0.3) is 0 Å². The molecule has 0 aliphatic carbocycles. The first kappa shape index (κ1) is 16.7. The van der Waals surface area contributed by atoms with Crippen LogP contribution in [0.15, 0.2) is 24.3 Å². The monoisotopic (exact) mass is 322 g/mol. The molecular weight excluding hydrogens is 308 g/mol. The van der Waals surface area contributed by atoms with E-state index in [1.54, 1.807) is 0 Å². The Bertz CT molecular complexity index is 546. The zero-order chi connectivity index (χ0) is 15.2. The summed E-state index contributed by atoms with van der Waals surface area (Å²) in [6.07, 6.45) is 0. The van der Waals surface area contributed by atoms with E-state index in [9.17, 15) is 13.2 Å². The zero-order valence-electron chi connectivity index (χ0n) is 10.7. The van der Waals surface area contributed by atoms with Gasteiger partial charge in [0.1, 0.15) is 6.54 Å². The molecule has 0 saturated carbocycles. The number of methoxy groups -OCH3 is 1. The number of ether oxygens (including phenoxy) is 1. The lowest BCUT2D eigenvalue weighted by Crippen LogP contribution is -2.44. The van der Waals surface area contributed by atoms with Crippen LogP contribution in [0.1, 0.15) is 0 Å². The number of aliphatic carboxylic acids is 1. The number of carboxylic acid groups (broad SMARTS) is 1. The van der Waals surface area contributed by atoms with E-state index in [4.69, 9.17) is 21.4 Å². The van der Waals surface area contributed by atoms with Gasteiger partial charge in [-0.25, -0.2) is 4.31 Å². The number of halogens is 1. The van der Waals surface area contributed by atoms with Crippen LogP contribution in [0.2, 0.25) is 5.02 Å². The SMILES string of the molecule is COCCNS(=O)(=O)N(CC(=O)O)c1ccc(Cl)cc1. The number of benzene rings is 1. The third kappa shape index (κ3) is 4.97. The number of hydrogen-bond acceptors (Lipinski definition) is 4. The summed E-state index contributed by atoms with van der Waals surface area (Å²) in [4.78, 5) is 10.8. The molecule has 0 radical (unpaired) electrons. The van der Waals surface area contributed by atoms with Crippen molar-refractivity contribution in [1.29, 1.82) is 0 Å². The Labute approximate surface area is 122 Å². The van der Waals surface area contributed by atoms with Crippen LogP contribution in [-0.4, -0.2) is 46.3 Å². The number of anilines is 1. The summed E-state index contributed by atoms with van der Waals surface area (Å²) in [7, 11) is -2.54. The van der Waals surface area contributed by atoms with Gasteiger partial charge in [-0.3, -0.25) is 4.79 Å². The average molecular weight is 323 g/mol. The molecule has 20 heavy (non-hydrogen) atoms. The minimum absolute atomic E-state index is 0.0442. The van der Waals surface area contributed by atoms with Crippen molar-refractivity contribution < 1.29 is 23.1 Å². The Morgan fingerprint density at radius 1 is 1.40 bits per heavy atom. The van der Waals surface area contributed by atoms with Crippen LogP contribution in [0, 0.1) is 0 Å². The molecule has 0 atom stereocenters. The molecule has 112 valence electrons. The molecule has 0 amide bonds. The van der Waals surface area contributed by atoms with Gasteiger partial charge in [0, 0.05) is 18.7 Å². The Balaban J connectivity index is 2.99. The molecule has 0 unspecified atom stereocenters. The van der Waals surface area contributed by atoms with Crippen molar-refractivity contribution in [1.82, 2.24) is 4.72 Å². The van der Waals surface area contributed by atoms with Gasteiger partial charge in [-0.05, 0) is 24.3 Å². The quantitative estimate of drug-likeness (QED) is 0.687. The van der Waals surface area contributed by atoms with Gasteiger partial charge in [0.05, 0.1) is 12.3 Å². The highest BCUT2D eigenvalue weighted by Gasteiger charge is 2.24. The fraction of sp³-hybridized carbons (Fsp3) is 0.364. The van der Waals surface area contributed by atoms with Crippen LogP contribution in [-0.2, 0) is 19.7 Å². The van der Waals surface area contributed by atoms with E-state index < -0.39 is 22.7 Å². The van der Waals surface area contributed by atoms with Crippen molar-refractivity contribution in [2.24, 2.45) is 0 Å². The van der Waals surface area contributed by atoms with Gasteiger partial charge < -0.3 is 9.84 Å². The maximum absolute atomic E-state index is 12.1. The molecular formula is C11H15ClN2O5S. The van der Waals surface area contributed by atoms with E-state index in [1.807, 2.05) is 0 Å². The highest BCUT2D eigenvalue weighted by Crippen LogP contribution is 2.20. The van der Waals surface area contributed by atoms with Gasteiger partial charge >= 0.3 is 16.2 Å².